The molecule has 29 heavy (non-hydrogen) atoms. The Hall–Kier alpha value is -3.48. The fourth-order valence-electron chi connectivity index (χ4n) is 3.14. The summed E-state index contributed by atoms with van der Waals surface area (Å²) >= 11 is 0. The third kappa shape index (κ3) is 3.63. The van der Waals surface area contributed by atoms with E-state index in [0.29, 0.717) is 29.8 Å². The predicted molar refractivity (Wildman–Crippen MR) is 97.3 cm³/mol. The molecule has 7 nitrogen and oxygen atoms in total. The van der Waals surface area contributed by atoms with Gasteiger partial charge in [-0.1, -0.05) is 12.6 Å². The molecule has 1 fully saturated rings. The van der Waals surface area contributed by atoms with Crippen molar-refractivity contribution in [3.8, 4) is 11.3 Å². The molecule has 0 spiro atoms. The van der Waals surface area contributed by atoms with E-state index < -0.39 is 24.0 Å². The zero-order valence-corrected chi connectivity index (χ0v) is 15.2. The number of aryl methyl sites for hydroxylation is 1. The van der Waals surface area contributed by atoms with Gasteiger partial charge in [-0.2, -0.15) is 18.3 Å². The molecule has 1 aliphatic carbocycles. The van der Waals surface area contributed by atoms with Crippen LogP contribution in [0.5, 0.6) is 0 Å². The zero-order chi connectivity index (χ0) is 20.8. The summed E-state index contributed by atoms with van der Waals surface area (Å²) < 4.78 is 41.2. The van der Waals surface area contributed by atoms with Crippen LogP contribution in [-0.4, -0.2) is 37.7 Å². The van der Waals surface area contributed by atoms with Crippen molar-refractivity contribution in [1.82, 2.24) is 24.9 Å². The van der Waals surface area contributed by atoms with E-state index in [2.05, 4.69) is 25.2 Å². The standard InChI is InChI=1S/C19H15F3N6O/c1-10-7-14(12-5-6-15(23-2)24-8-12)26-17-13(9-25-28(10)17)18(29)27-16(11-3-4-11)19(20,21)22/h5-9,11,16H,3-4H2,1H3,(H,27,29)/t16-/m0/s1. The van der Waals surface area contributed by atoms with Crippen molar-refractivity contribution >= 4 is 17.4 Å². The first kappa shape index (κ1) is 18.9. The lowest BCUT2D eigenvalue weighted by Gasteiger charge is -2.20. The topological polar surface area (TPSA) is 76.5 Å². The molecule has 3 heterocycles. The fraction of sp³-hybridized carbons (Fsp3) is 0.316. The summed E-state index contributed by atoms with van der Waals surface area (Å²) in [5.74, 6) is -1.22. The number of hydrogen-bond acceptors (Lipinski definition) is 4. The van der Waals surface area contributed by atoms with Crippen molar-refractivity contribution in [3.05, 3.63) is 53.3 Å². The molecule has 0 aliphatic heterocycles. The number of carbonyl (C=O) groups is 1. The highest BCUT2D eigenvalue weighted by atomic mass is 19.4. The van der Waals surface area contributed by atoms with Crippen LogP contribution in [0.1, 0.15) is 28.9 Å². The van der Waals surface area contributed by atoms with Crippen molar-refractivity contribution in [2.24, 2.45) is 5.92 Å². The van der Waals surface area contributed by atoms with Crippen molar-refractivity contribution in [3.63, 3.8) is 0 Å². The lowest BCUT2D eigenvalue weighted by atomic mass is 10.1. The van der Waals surface area contributed by atoms with Gasteiger partial charge in [0.15, 0.2) is 5.65 Å². The second-order valence-corrected chi connectivity index (χ2v) is 6.92. The van der Waals surface area contributed by atoms with Gasteiger partial charge in [0.05, 0.1) is 11.9 Å². The molecule has 0 unspecified atom stereocenters. The highest BCUT2D eigenvalue weighted by Gasteiger charge is 2.49. The highest BCUT2D eigenvalue weighted by Crippen LogP contribution is 2.40. The number of pyridine rings is 1. The zero-order valence-electron chi connectivity index (χ0n) is 15.2. The van der Waals surface area contributed by atoms with E-state index in [1.807, 2.05) is 0 Å². The van der Waals surface area contributed by atoms with Gasteiger partial charge in [0.1, 0.15) is 17.8 Å². The third-order valence-corrected chi connectivity index (χ3v) is 4.79. The minimum Gasteiger partial charge on any atom is -0.361 e. The maximum absolute atomic E-state index is 13.3. The number of nitrogens with zero attached hydrogens (tertiary/aromatic N) is 5. The molecule has 1 aliphatic rings. The molecule has 1 saturated carbocycles. The summed E-state index contributed by atoms with van der Waals surface area (Å²) in [5.41, 5.74) is 1.86. The monoisotopic (exact) mass is 400 g/mol. The van der Waals surface area contributed by atoms with Crippen molar-refractivity contribution in [2.45, 2.75) is 32.0 Å². The Bertz CT molecular complexity index is 1130. The van der Waals surface area contributed by atoms with Crippen LogP contribution in [0.25, 0.3) is 21.7 Å². The average Bonchev–Trinajstić information content (AvgIpc) is 3.42. The summed E-state index contributed by atoms with van der Waals surface area (Å²) in [6, 6.07) is 3.05. The van der Waals surface area contributed by atoms with Gasteiger partial charge in [-0.3, -0.25) is 4.79 Å². The Morgan fingerprint density at radius 3 is 2.69 bits per heavy atom. The van der Waals surface area contributed by atoms with Gasteiger partial charge in [0.2, 0.25) is 0 Å². The van der Waals surface area contributed by atoms with Crippen molar-refractivity contribution in [2.75, 3.05) is 0 Å². The molecule has 0 saturated heterocycles. The van der Waals surface area contributed by atoms with Gasteiger partial charge in [-0.05, 0) is 37.8 Å². The van der Waals surface area contributed by atoms with Gasteiger partial charge < -0.3 is 10.2 Å². The summed E-state index contributed by atoms with van der Waals surface area (Å²) in [7, 11) is 0. The first-order valence-corrected chi connectivity index (χ1v) is 8.85. The van der Waals surface area contributed by atoms with Crippen LogP contribution in [-0.2, 0) is 0 Å². The van der Waals surface area contributed by atoms with E-state index in [1.165, 1.54) is 23.0 Å². The lowest BCUT2D eigenvalue weighted by molar-refractivity contribution is -0.158. The molecule has 0 bridgehead atoms. The Kier molecular flexibility index (Phi) is 4.45. The van der Waals surface area contributed by atoms with Gasteiger partial charge in [-0.25, -0.2) is 9.50 Å². The molecule has 1 N–H and O–H groups in total. The molecule has 4 rings (SSSR count). The number of halogens is 3. The van der Waals surface area contributed by atoms with Crippen LogP contribution in [0.2, 0.25) is 0 Å². The number of amides is 1. The van der Waals surface area contributed by atoms with E-state index in [9.17, 15) is 18.0 Å². The number of fused-ring (bicyclic) bond motifs is 1. The molecule has 0 aromatic carbocycles. The minimum atomic E-state index is -4.51. The van der Waals surface area contributed by atoms with Crippen LogP contribution >= 0.6 is 0 Å². The quantitative estimate of drug-likeness (QED) is 0.678. The first-order valence-electron chi connectivity index (χ1n) is 8.85. The second kappa shape index (κ2) is 6.84. The van der Waals surface area contributed by atoms with Crippen LogP contribution in [0, 0.1) is 19.4 Å². The van der Waals surface area contributed by atoms with Crippen LogP contribution < -0.4 is 5.32 Å². The molecule has 10 heteroatoms. The Morgan fingerprint density at radius 2 is 2.10 bits per heavy atom. The largest absolute Gasteiger partial charge is 0.408 e. The Balaban J connectivity index is 1.71. The summed E-state index contributed by atoms with van der Waals surface area (Å²) in [6.07, 6.45) is -0.934. The van der Waals surface area contributed by atoms with E-state index >= 15 is 0 Å². The maximum atomic E-state index is 13.3. The van der Waals surface area contributed by atoms with Crippen molar-refractivity contribution in [1.29, 1.82) is 0 Å². The molecule has 1 amide bonds. The van der Waals surface area contributed by atoms with Gasteiger partial charge in [0, 0.05) is 11.3 Å². The van der Waals surface area contributed by atoms with Crippen LogP contribution in [0.3, 0.4) is 0 Å². The maximum Gasteiger partial charge on any atom is 0.408 e. The summed E-state index contributed by atoms with van der Waals surface area (Å²) in [6.45, 7) is 8.71. The molecule has 3 aromatic heterocycles. The predicted octanol–water partition coefficient (Wildman–Crippen LogP) is 3.72. The highest BCUT2D eigenvalue weighted by molar-refractivity contribution is 6.00. The minimum absolute atomic E-state index is 0.0319. The number of hydrogen-bond donors (Lipinski definition) is 1. The van der Waals surface area contributed by atoms with Crippen LogP contribution in [0.4, 0.5) is 19.0 Å². The van der Waals surface area contributed by atoms with Crippen molar-refractivity contribution < 1.29 is 18.0 Å². The number of alkyl halides is 3. The number of aromatic nitrogens is 4. The molecule has 3 aromatic rings. The summed E-state index contributed by atoms with van der Waals surface area (Å²) in [5, 5.41) is 6.19. The Labute approximate surface area is 163 Å². The van der Waals surface area contributed by atoms with Gasteiger partial charge in [0.25, 0.3) is 11.7 Å². The molecular formula is C19H15F3N6O. The van der Waals surface area contributed by atoms with E-state index in [4.69, 9.17) is 6.57 Å². The molecule has 0 radical (unpaired) electrons. The number of carbonyl (C=O) groups excluding carboxylic acids is 1. The summed E-state index contributed by atoms with van der Waals surface area (Å²) in [4.78, 5) is 24.2. The third-order valence-electron chi connectivity index (χ3n) is 4.79. The van der Waals surface area contributed by atoms with E-state index in [-0.39, 0.29) is 17.0 Å². The Morgan fingerprint density at radius 1 is 1.34 bits per heavy atom. The molecule has 1 atom stereocenters. The second-order valence-electron chi connectivity index (χ2n) is 6.92. The van der Waals surface area contributed by atoms with Crippen LogP contribution in [0.15, 0.2) is 30.6 Å². The lowest BCUT2D eigenvalue weighted by Crippen LogP contribution is -2.46. The van der Waals surface area contributed by atoms with Gasteiger partial charge in [-0.15, -0.1) is 4.98 Å². The van der Waals surface area contributed by atoms with Gasteiger partial charge >= 0.3 is 6.18 Å². The molecular weight excluding hydrogens is 385 g/mol. The SMILES string of the molecule is [C-]#[N+]c1ccc(-c2cc(C)n3ncc(C(=O)N[C@@H](C4CC4)C(F)(F)F)c3n2)cn1. The fourth-order valence-corrected chi connectivity index (χ4v) is 3.14. The van der Waals surface area contributed by atoms with E-state index in [1.54, 1.807) is 19.1 Å². The molecule has 148 valence electrons. The normalized spacial score (nSPS) is 15.1. The average molecular weight is 400 g/mol. The number of nitrogens with one attached hydrogen (secondary N) is 1. The van der Waals surface area contributed by atoms with E-state index in [0.717, 1.165) is 0 Å². The number of rotatable bonds is 4. The first-order chi connectivity index (χ1) is 13.8. The smallest absolute Gasteiger partial charge is 0.361 e.